The molecule has 0 aliphatic carbocycles. The first kappa shape index (κ1) is 16.4. The number of rotatable bonds is 9. The van der Waals surface area contributed by atoms with Gasteiger partial charge in [0, 0.05) is 33.5 Å². The minimum atomic E-state index is -0.171. The molecule has 6 heteroatoms. The fourth-order valence-corrected chi connectivity index (χ4v) is 1.67. The van der Waals surface area contributed by atoms with Crippen molar-refractivity contribution in [1.82, 2.24) is 10.3 Å². The topological polar surface area (TPSA) is 72.5 Å². The lowest BCUT2D eigenvalue weighted by Crippen LogP contribution is -2.36. The van der Waals surface area contributed by atoms with Gasteiger partial charge in [-0.15, -0.1) is 0 Å². The van der Waals surface area contributed by atoms with Crippen LogP contribution in [0.1, 0.15) is 23.7 Å². The Hall–Kier alpha value is -1.66. The van der Waals surface area contributed by atoms with Crippen LogP contribution in [0.25, 0.3) is 0 Å². The zero-order valence-corrected chi connectivity index (χ0v) is 12.3. The largest absolute Gasteiger partial charge is 0.382 e. The van der Waals surface area contributed by atoms with Crippen molar-refractivity contribution in [2.24, 2.45) is 0 Å². The van der Waals surface area contributed by atoms with Crippen LogP contribution in [0.4, 0.5) is 5.82 Å². The van der Waals surface area contributed by atoms with Crippen LogP contribution in [0.2, 0.25) is 0 Å². The molecule has 1 unspecified atom stereocenters. The number of hydrogen-bond acceptors (Lipinski definition) is 5. The number of hydrogen-bond donors (Lipinski definition) is 2. The third-order valence-corrected chi connectivity index (χ3v) is 2.77. The summed E-state index contributed by atoms with van der Waals surface area (Å²) in [5.41, 5.74) is 0.535. The molecule has 2 N–H and O–H groups in total. The van der Waals surface area contributed by atoms with Gasteiger partial charge < -0.3 is 20.1 Å². The van der Waals surface area contributed by atoms with Gasteiger partial charge in [0.1, 0.15) is 5.82 Å². The molecule has 0 bridgehead atoms. The van der Waals surface area contributed by atoms with Crippen molar-refractivity contribution in [2.45, 2.75) is 19.4 Å². The molecular weight excluding hydrogens is 258 g/mol. The van der Waals surface area contributed by atoms with Gasteiger partial charge in [-0.3, -0.25) is 4.79 Å². The summed E-state index contributed by atoms with van der Waals surface area (Å²) in [7, 11) is 3.19. The first-order valence-corrected chi connectivity index (χ1v) is 6.71. The Balaban J connectivity index is 2.62. The molecule has 6 nitrogen and oxygen atoms in total. The highest BCUT2D eigenvalue weighted by Gasteiger charge is 2.14. The average molecular weight is 281 g/mol. The summed E-state index contributed by atoms with van der Waals surface area (Å²) < 4.78 is 10.2. The number of ether oxygens (including phenoxy) is 2. The van der Waals surface area contributed by atoms with Crippen LogP contribution in [0.3, 0.4) is 0 Å². The van der Waals surface area contributed by atoms with Crippen LogP contribution in [0.5, 0.6) is 0 Å². The predicted octanol–water partition coefficient (Wildman–Crippen LogP) is 1.29. The molecule has 1 rings (SSSR count). The highest BCUT2D eigenvalue weighted by atomic mass is 16.5. The van der Waals surface area contributed by atoms with Crippen molar-refractivity contribution in [1.29, 1.82) is 0 Å². The molecular formula is C14H23N3O3. The van der Waals surface area contributed by atoms with Crippen LogP contribution >= 0.6 is 0 Å². The number of nitrogens with zero attached hydrogens (tertiary/aromatic N) is 1. The molecule has 1 aromatic rings. The molecule has 0 saturated carbocycles. The quantitative estimate of drug-likeness (QED) is 0.713. The summed E-state index contributed by atoms with van der Waals surface area (Å²) in [5, 5.41) is 5.97. The van der Waals surface area contributed by atoms with Crippen molar-refractivity contribution in [3.63, 3.8) is 0 Å². The Kier molecular flexibility index (Phi) is 7.60. The zero-order chi connectivity index (χ0) is 14.8. The third kappa shape index (κ3) is 5.14. The zero-order valence-electron chi connectivity index (χ0n) is 12.3. The lowest BCUT2D eigenvalue weighted by atomic mass is 10.2. The smallest absolute Gasteiger partial charge is 0.255 e. The second-order valence-corrected chi connectivity index (χ2v) is 4.35. The van der Waals surface area contributed by atoms with Gasteiger partial charge >= 0.3 is 0 Å². The summed E-state index contributed by atoms with van der Waals surface area (Å²) in [6.07, 6.45) is 2.47. The third-order valence-electron chi connectivity index (χ3n) is 2.77. The van der Waals surface area contributed by atoms with E-state index in [9.17, 15) is 4.79 Å². The maximum atomic E-state index is 12.2. The second kappa shape index (κ2) is 9.28. The first-order chi connectivity index (χ1) is 9.72. The monoisotopic (exact) mass is 281 g/mol. The van der Waals surface area contributed by atoms with E-state index >= 15 is 0 Å². The number of carbonyl (C=O) groups excluding carboxylic acids is 1. The highest BCUT2D eigenvalue weighted by Crippen LogP contribution is 2.11. The van der Waals surface area contributed by atoms with Gasteiger partial charge in [0.05, 0.1) is 18.3 Å². The Morgan fingerprint density at radius 1 is 1.45 bits per heavy atom. The number of amides is 1. The maximum Gasteiger partial charge on any atom is 0.255 e. The van der Waals surface area contributed by atoms with Crippen LogP contribution in [0, 0.1) is 0 Å². The Labute approximate surface area is 119 Å². The number of anilines is 1. The summed E-state index contributed by atoms with van der Waals surface area (Å²) >= 11 is 0. The minimum absolute atomic E-state index is 0.160. The molecule has 1 heterocycles. The van der Waals surface area contributed by atoms with E-state index in [4.69, 9.17) is 9.47 Å². The van der Waals surface area contributed by atoms with Crippen molar-refractivity contribution >= 4 is 11.7 Å². The Bertz CT molecular complexity index is 412. The number of methoxy groups -OCH3 is 2. The van der Waals surface area contributed by atoms with Crippen molar-refractivity contribution < 1.29 is 14.3 Å². The van der Waals surface area contributed by atoms with E-state index in [1.54, 1.807) is 32.5 Å². The van der Waals surface area contributed by atoms with Crippen LogP contribution in [0.15, 0.2) is 18.3 Å². The minimum Gasteiger partial charge on any atom is -0.382 e. The SMILES string of the molecule is CCCNc1ncccc1C(=O)NCC(COC)OC. The molecule has 0 spiro atoms. The molecule has 1 amide bonds. The van der Waals surface area contributed by atoms with Gasteiger partial charge in [0.15, 0.2) is 0 Å². The fourth-order valence-electron chi connectivity index (χ4n) is 1.67. The van der Waals surface area contributed by atoms with E-state index in [0.29, 0.717) is 24.5 Å². The lowest BCUT2D eigenvalue weighted by molar-refractivity contribution is 0.0285. The van der Waals surface area contributed by atoms with Gasteiger partial charge in [0.25, 0.3) is 5.91 Å². The summed E-state index contributed by atoms with van der Waals surface area (Å²) in [5.74, 6) is 0.433. The second-order valence-electron chi connectivity index (χ2n) is 4.35. The first-order valence-electron chi connectivity index (χ1n) is 6.71. The van der Waals surface area contributed by atoms with E-state index in [1.165, 1.54) is 0 Å². The van der Waals surface area contributed by atoms with E-state index in [1.807, 2.05) is 0 Å². The Morgan fingerprint density at radius 2 is 2.25 bits per heavy atom. The molecule has 0 fully saturated rings. The number of carbonyl (C=O) groups is 1. The van der Waals surface area contributed by atoms with Gasteiger partial charge in [-0.05, 0) is 18.6 Å². The maximum absolute atomic E-state index is 12.2. The van der Waals surface area contributed by atoms with Gasteiger partial charge in [-0.2, -0.15) is 0 Å². The average Bonchev–Trinajstić information content (AvgIpc) is 2.49. The lowest BCUT2D eigenvalue weighted by Gasteiger charge is -2.16. The van der Waals surface area contributed by atoms with Crippen LogP contribution < -0.4 is 10.6 Å². The molecule has 112 valence electrons. The van der Waals surface area contributed by atoms with Gasteiger partial charge in [0.2, 0.25) is 0 Å². The van der Waals surface area contributed by atoms with Crippen LogP contribution in [-0.2, 0) is 9.47 Å². The normalized spacial score (nSPS) is 11.9. The number of nitrogens with one attached hydrogen (secondary N) is 2. The standard InChI is InChI=1S/C14H23N3O3/c1-4-7-15-13-12(6-5-8-16-13)14(18)17-9-11(20-3)10-19-2/h5-6,8,11H,4,7,9-10H2,1-3H3,(H,15,16)(H,17,18). The van der Waals surface area contributed by atoms with Crippen molar-refractivity contribution in [3.05, 3.63) is 23.9 Å². The fraction of sp³-hybridized carbons (Fsp3) is 0.571. The predicted molar refractivity (Wildman–Crippen MR) is 78.0 cm³/mol. The molecule has 0 radical (unpaired) electrons. The van der Waals surface area contributed by atoms with E-state index in [-0.39, 0.29) is 12.0 Å². The number of pyridine rings is 1. The highest BCUT2D eigenvalue weighted by molar-refractivity contribution is 5.98. The molecule has 0 aliphatic heterocycles. The van der Waals surface area contributed by atoms with Crippen LogP contribution in [-0.4, -0.2) is 50.9 Å². The molecule has 20 heavy (non-hydrogen) atoms. The van der Waals surface area contributed by atoms with E-state index in [0.717, 1.165) is 13.0 Å². The van der Waals surface area contributed by atoms with Crippen molar-refractivity contribution in [2.75, 3.05) is 39.2 Å². The van der Waals surface area contributed by atoms with Crippen molar-refractivity contribution in [3.8, 4) is 0 Å². The van der Waals surface area contributed by atoms with E-state index in [2.05, 4.69) is 22.5 Å². The molecule has 0 aromatic carbocycles. The molecule has 0 aliphatic rings. The van der Waals surface area contributed by atoms with Gasteiger partial charge in [-0.25, -0.2) is 4.98 Å². The molecule has 0 saturated heterocycles. The summed E-state index contributed by atoms with van der Waals surface area (Å²) in [4.78, 5) is 16.4. The number of aromatic nitrogens is 1. The van der Waals surface area contributed by atoms with E-state index < -0.39 is 0 Å². The summed E-state index contributed by atoms with van der Waals surface area (Å²) in [6.45, 7) is 3.67. The molecule has 1 atom stereocenters. The molecule has 1 aromatic heterocycles. The summed E-state index contributed by atoms with van der Waals surface area (Å²) in [6, 6.07) is 3.49. The Morgan fingerprint density at radius 3 is 2.90 bits per heavy atom. The van der Waals surface area contributed by atoms with Gasteiger partial charge in [-0.1, -0.05) is 6.92 Å².